The van der Waals surface area contributed by atoms with Crippen molar-refractivity contribution in [2.45, 2.75) is 6.10 Å². The highest BCUT2D eigenvalue weighted by Gasteiger charge is 2.04. The Balaban J connectivity index is 3.31. The summed E-state index contributed by atoms with van der Waals surface area (Å²) in [7, 11) is 5.95. The van der Waals surface area contributed by atoms with E-state index in [-0.39, 0.29) is 6.10 Å². The lowest BCUT2D eigenvalue weighted by Crippen LogP contribution is -2.35. The maximum absolute atomic E-state index is 5.51. The molecule has 0 amide bonds. The topological polar surface area (TPSA) is 50.5 Å². The molecule has 0 saturated carbocycles. The van der Waals surface area contributed by atoms with Gasteiger partial charge in [-0.25, -0.2) is 0 Å². The molecule has 4 nitrogen and oxygen atoms in total. The Bertz CT molecular complexity index is 98.3. The minimum Gasteiger partial charge on any atom is -0.374 e. The van der Waals surface area contributed by atoms with Crippen LogP contribution in [0.25, 0.3) is 0 Å². The second-order valence-electron chi connectivity index (χ2n) is 3.09. The Morgan fingerprint density at radius 3 is 2.58 bits per heavy atom. The van der Waals surface area contributed by atoms with Gasteiger partial charge in [0.25, 0.3) is 0 Å². The van der Waals surface area contributed by atoms with Crippen molar-refractivity contribution in [3.8, 4) is 0 Å². The summed E-state index contributed by atoms with van der Waals surface area (Å²) in [4.78, 5) is 2.09. The first-order chi connectivity index (χ1) is 5.70. The predicted octanol–water partition coefficient (Wildman–Crippen LogP) is -0.889. The third-order valence-corrected chi connectivity index (χ3v) is 1.59. The van der Waals surface area contributed by atoms with Crippen LogP contribution in [0.3, 0.4) is 0 Å². The molecule has 0 aliphatic heterocycles. The van der Waals surface area contributed by atoms with Crippen LogP contribution >= 0.6 is 0 Å². The Labute approximate surface area is 75.1 Å². The smallest absolute Gasteiger partial charge is 0.0821 e. The monoisotopic (exact) mass is 175 g/mol. The standard InChI is InChI=1S/C8H21N3O/c1-10-7-8(6-9)12-5-4-11(2)3/h8,10H,4-7,9H2,1-3H3. The zero-order valence-electron chi connectivity index (χ0n) is 8.34. The van der Waals surface area contributed by atoms with Gasteiger partial charge in [0.15, 0.2) is 0 Å². The number of nitrogens with zero attached hydrogens (tertiary/aromatic N) is 1. The van der Waals surface area contributed by atoms with Crippen LogP contribution in [-0.2, 0) is 4.74 Å². The molecule has 0 spiro atoms. The number of nitrogens with one attached hydrogen (secondary N) is 1. The van der Waals surface area contributed by atoms with Crippen LogP contribution in [0.2, 0.25) is 0 Å². The number of rotatable bonds is 7. The molecule has 1 unspecified atom stereocenters. The van der Waals surface area contributed by atoms with Crippen LogP contribution in [0.5, 0.6) is 0 Å². The van der Waals surface area contributed by atoms with Crippen molar-refractivity contribution >= 4 is 0 Å². The number of hydrogen-bond acceptors (Lipinski definition) is 4. The van der Waals surface area contributed by atoms with Crippen molar-refractivity contribution in [3.63, 3.8) is 0 Å². The summed E-state index contributed by atoms with van der Waals surface area (Å²) in [5.74, 6) is 0. The first kappa shape index (κ1) is 11.8. The first-order valence-electron chi connectivity index (χ1n) is 4.31. The minimum atomic E-state index is 0.148. The maximum atomic E-state index is 5.51. The normalized spacial score (nSPS) is 13.8. The molecule has 0 aromatic carbocycles. The molecule has 1 atom stereocenters. The van der Waals surface area contributed by atoms with Gasteiger partial charge in [-0.05, 0) is 21.1 Å². The fourth-order valence-corrected chi connectivity index (χ4v) is 0.840. The molecule has 12 heavy (non-hydrogen) atoms. The second-order valence-corrected chi connectivity index (χ2v) is 3.09. The number of nitrogens with two attached hydrogens (primary N) is 1. The van der Waals surface area contributed by atoms with Crippen molar-refractivity contribution in [2.24, 2.45) is 5.73 Å². The summed E-state index contributed by atoms with van der Waals surface area (Å²) in [6, 6.07) is 0. The predicted molar refractivity (Wildman–Crippen MR) is 51.3 cm³/mol. The molecule has 0 fully saturated rings. The first-order valence-corrected chi connectivity index (χ1v) is 4.31. The lowest BCUT2D eigenvalue weighted by molar-refractivity contribution is 0.0510. The van der Waals surface area contributed by atoms with E-state index >= 15 is 0 Å². The van der Waals surface area contributed by atoms with E-state index in [1.165, 1.54) is 0 Å². The molecule has 4 heteroatoms. The molecule has 0 aliphatic carbocycles. The van der Waals surface area contributed by atoms with Gasteiger partial charge < -0.3 is 20.7 Å². The fourth-order valence-electron chi connectivity index (χ4n) is 0.840. The van der Waals surface area contributed by atoms with Gasteiger partial charge in [0.05, 0.1) is 12.7 Å². The van der Waals surface area contributed by atoms with Gasteiger partial charge in [-0.15, -0.1) is 0 Å². The van der Waals surface area contributed by atoms with Gasteiger partial charge >= 0.3 is 0 Å². The third-order valence-electron chi connectivity index (χ3n) is 1.59. The molecule has 0 bridgehead atoms. The highest BCUT2D eigenvalue weighted by atomic mass is 16.5. The zero-order chi connectivity index (χ0) is 9.40. The maximum Gasteiger partial charge on any atom is 0.0821 e. The van der Waals surface area contributed by atoms with Crippen LogP contribution in [0, 0.1) is 0 Å². The lowest BCUT2D eigenvalue weighted by atomic mass is 10.3. The molecule has 0 rings (SSSR count). The van der Waals surface area contributed by atoms with E-state index in [1.807, 2.05) is 21.1 Å². The van der Waals surface area contributed by atoms with E-state index in [4.69, 9.17) is 10.5 Å². The van der Waals surface area contributed by atoms with E-state index < -0.39 is 0 Å². The van der Waals surface area contributed by atoms with Crippen molar-refractivity contribution in [1.82, 2.24) is 10.2 Å². The van der Waals surface area contributed by atoms with Crippen LogP contribution in [0.15, 0.2) is 0 Å². The number of likely N-dealkylation sites (N-methyl/N-ethyl adjacent to an activating group) is 2. The third kappa shape index (κ3) is 6.54. The molecule has 0 aliphatic rings. The number of hydrogen-bond donors (Lipinski definition) is 2. The Morgan fingerprint density at radius 1 is 1.50 bits per heavy atom. The Hall–Kier alpha value is -0.160. The zero-order valence-corrected chi connectivity index (χ0v) is 8.34. The van der Waals surface area contributed by atoms with Gasteiger partial charge in [0.2, 0.25) is 0 Å². The van der Waals surface area contributed by atoms with Crippen LogP contribution in [0.1, 0.15) is 0 Å². The molecule has 0 aromatic heterocycles. The van der Waals surface area contributed by atoms with Gasteiger partial charge in [0, 0.05) is 19.6 Å². The van der Waals surface area contributed by atoms with E-state index in [0.717, 1.165) is 19.7 Å². The molecule has 3 N–H and O–H groups in total. The van der Waals surface area contributed by atoms with Gasteiger partial charge in [0.1, 0.15) is 0 Å². The van der Waals surface area contributed by atoms with E-state index in [1.54, 1.807) is 0 Å². The fraction of sp³-hybridized carbons (Fsp3) is 1.00. The van der Waals surface area contributed by atoms with Gasteiger partial charge in [-0.3, -0.25) is 0 Å². The summed E-state index contributed by atoms with van der Waals surface area (Å²) >= 11 is 0. The quantitative estimate of drug-likeness (QED) is 0.527. The molecule has 74 valence electrons. The molecule has 0 heterocycles. The highest BCUT2D eigenvalue weighted by Crippen LogP contribution is 1.87. The van der Waals surface area contributed by atoms with Crippen molar-refractivity contribution in [2.75, 3.05) is 47.4 Å². The molecule has 0 saturated heterocycles. The van der Waals surface area contributed by atoms with Crippen molar-refractivity contribution in [3.05, 3.63) is 0 Å². The summed E-state index contributed by atoms with van der Waals surface area (Å²) in [5, 5.41) is 3.04. The van der Waals surface area contributed by atoms with Crippen molar-refractivity contribution < 1.29 is 4.74 Å². The molecule has 0 aromatic rings. The lowest BCUT2D eigenvalue weighted by Gasteiger charge is -2.17. The van der Waals surface area contributed by atoms with Crippen LogP contribution < -0.4 is 11.1 Å². The molecular weight excluding hydrogens is 154 g/mol. The average molecular weight is 175 g/mol. The Kier molecular flexibility index (Phi) is 7.39. The summed E-state index contributed by atoms with van der Waals surface area (Å²) in [6.07, 6.45) is 0.148. The van der Waals surface area contributed by atoms with Gasteiger partial charge in [-0.1, -0.05) is 0 Å². The van der Waals surface area contributed by atoms with Crippen molar-refractivity contribution in [1.29, 1.82) is 0 Å². The average Bonchev–Trinajstić information content (AvgIpc) is 2.02. The molecule has 0 radical (unpaired) electrons. The molecular formula is C8H21N3O. The second kappa shape index (κ2) is 7.49. The van der Waals surface area contributed by atoms with E-state index in [0.29, 0.717) is 6.54 Å². The van der Waals surface area contributed by atoms with E-state index in [9.17, 15) is 0 Å². The van der Waals surface area contributed by atoms with E-state index in [2.05, 4.69) is 10.2 Å². The SMILES string of the molecule is CNCC(CN)OCCN(C)C. The Morgan fingerprint density at radius 2 is 2.17 bits per heavy atom. The largest absolute Gasteiger partial charge is 0.374 e. The summed E-state index contributed by atoms with van der Waals surface area (Å²) < 4.78 is 5.51. The minimum absolute atomic E-state index is 0.148. The van der Waals surface area contributed by atoms with Crippen LogP contribution in [0.4, 0.5) is 0 Å². The highest BCUT2D eigenvalue weighted by molar-refractivity contribution is 4.60. The van der Waals surface area contributed by atoms with Crippen LogP contribution in [-0.4, -0.2) is 58.4 Å². The summed E-state index contributed by atoms with van der Waals surface area (Å²) in [6.45, 7) is 3.09. The van der Waals surface area contributed by atoms with Gasteiger partial charge in [-0.2, -0.15) is 0 Å². The number of ether oxygens (including phenoxy) is 1. The summed E-state index contributed by atoms with van der Waals surface area (Å²) in [5.41, 5.74) is 5.50.